The maximum atomic E-state index is 11.2. The molecule has 0 unspecified atom stereocenters. The molecule has 0 spiro atoms. The summed E-state index contributed by atoms with van der Waals surface area (Å²) in [6, 6.07) is 0.533. The Kier molecular flexibility index (Phi) is 3.53. The summed E-state index contributed by atoms with van der Waals surface area (Å²) < 4.78 is 0. The van der Waals surface area contributed by atoms with Crippen LogP contribution in [-0.2, 0) is 4.79 Å². The molecule has 0 radical (unpaired) electrons. The summed E-state index contributed by atoms with van der Waals surface area (Å²) in [7, 11) is 1.88. The molecular weight excluding hydrogens is 152 g/mol. The minimum absolute atomic E-state index is 0.240. The van der Waals surface area contributed by atoms with Crippen LogP contribution >= 0.6 is 0 Å². The summed E-state index contributed by atoms with van der Waals surface area (Å²) in [5.74, 6) is 0.240. The van der Waals surface area contributed by atoms with Crippen LogP contribution < -0.4 is 5.32 Å². The van der Waals surface area contributed by atoms with E-state index in [0.717, 1.165) is 13.1 Å². The zero-order valence-corrected chi connectivity index (χ0v) is 7.97. The Balaban J connectivity index is 2.24. The van der Waals surface area contributed by atoms with Gasteiger partial charge in [0.2, 0.25) is 5.91 Å². The first kappa shape index (κ1) is 9.52. The third-order valence-electron chi connectivity index (χ3n) is 2.38. The van der Waals surface area contributed by atoms with Crippen LogP contribution in [0.5, 0.6) is 0 Å². The molecule has 0 aromatic heterocycles. The first-order valence-electron chi connectivity index (χ1n) is 4.71. The fourth-order valence-corrected chi connectivity index (χ4v) is 1.61. The van der Waals surface area contributed by atoms with Crippen LogP contribution in [0.15, 0.2) is 0 Å². The van der Waals surface area contributed by atoms with Crippen LogP contribution in [0, 0.1) is 0 Å². The summed E-state index contributed by atoms with van der Waals surface area (Å²) in [6.07, 6.45) is 3.07. The van der Waals surface area contributed by atoms with Gasteiger partial charge < -0.3 is 10.2 Å². The van der Waals surface area contributed by atoms with E-state index in [9.17, 15) is 4.79 Å². The lowest BCUT2D eigenvalue weighted by atomic mass is 10.2. The summed E-state index contributed by atoms with van der Waals surface area (Å²) in [5, 5.41) is 3.37. The number of carbonyl (C=O) groups excluding carboxylic acids is 1. The molecule has 1 fully saturated rings. The Bertz CT molecular complexity index is 153. The van der Waals surface area contributed by atoms with Gasteiger partial charge in [0.1, 0.15) is 0 Å². The second kappa shape index (κ2) is 4.45. The van der Waals surface area contributed by atoms with Gasteiger partial charge in [0.15, 0.2) is 0 Å². The Morgan fingerprint density at radius 1 is 1.67 bits per heavy atom. The first-order valence-corrected chi connectivity index (χ1v) is 4.71. The van der Waals surface area contributed by atoms with Crippen LogP contribution in [0.3, 0.4) is 0 Å². The molecule has 1 atom stereocenters. The van der Waals surface area contributed by atoms with Crippen molar-refractivity contribution in [2.75, 3.05) is 20.1 Å². The number of amides is 1. The molecule has 1 heterocycles. The van der Waals surface area contributed by atoms with Gasteiger partial charge in [-0.15, -0.1) is 0 Å². The molecule has 0 aromatic rings. The van der Waals surface area contributed by atoms with Crippen LogP contribution in [0.1, 0.15) is 26.2 Å². The van der Waals surface area contributed by atoms with Gasteiger partial charge in [-0.1, -0.05) is 6.92 Å². The lowest BCUT2D eigenvalue weighted by molar-refractivity contribution is -0.129. The van der Waals surface area contributed by atoms with E-state index < -0.39 is 0 Å². The smallest absolute Gasteiger partial charge is 0.222 e. The predicted octanol–water partition coefficient (Wildman–Crippen LogP) is 0.607. The summed E-state index contributed by atoms with van der Waals surface area (Å²) in [4.78, 5) is 13.0. The van der Waals surface area contributed by atoms with Gasteiger partial charge in [-0.05, 0) is 19.4 Å². The fraction of sp³-hybridized carbons (Fsp3) is 0.889. The molecule has 0 saturated carbocycles. The van der Waals surface area contributed by atoms with E-state index in [-0.39, 0.29) is 5.91 Å². The highest BCUT2D eigenvalue weighted by Crippen LogP contribution is 2.06. The van der Waals surface area contributed by atoms with Crippen LogP contribution in [0.4, 0.5) is 0 Å². The highest BCUT2D eigenvalue weighted by Gasteiger charge is 2.17. The summed E-state index contributed by atoms with van der Waals surface area (Å²) in [5.41, 5.74) is 0. The van der Waals surface area contributed by atoms with E-state index in [1.165, 1.54) is 12.8 Å². The SMILES string of the molecule is CCC(=O)N(C)C[C@@H]1CCCN1. The molecule has 0 aromatic carbocycles. The molecular formula is C9H18N2O. The highest BCUT2D eigenvalue weighted by molar-refractivity contribution is 5.75. The molecule has 1 aliphatic rings. The van der Waals surface area contributed by atoms with E-state index in [1.807, 2.05) is 18.9 Å². The quantitative estimate of drug-likeness (QED) is 0.673. The number of nitrogens with one attached hydrogen (secondary N) is 1. The second-order valence-corrected chi connectivity index (χ2v) is 3.42. The van der Waals surface area contributed by atoms with E-state index in [2.05, 4.69) is 5.32 Å². The summed E-state index contributed by atoms with van der Waals surface area (Å²) >= 11 is 0. The van der Waals surface area contributed by atoms with E-state index in [0.29, 0.717) is 12.5 Å². The molecule has 3 nitrogen and oxygen atoms in total. The number of rotatable bonds is 3. The third kappa shape index (κ3) is 2.48. The Labute approximate surface area is 74.1 Å². The molecule has 1 N–H and O–H groups in total. The molecule has 1 rings (SSSR count). The molecule has 1 amide bonds. The van der Waals surface area contributed by atoms with Gasteiger partial charge in [-0.3, -0.25) is 4.79 Å². The number of carbonyl (C=O) groups is 1. The van der Waals surface area contributed by atoms with Crippen molar-refractivity contribution in [2.45, 2.75) is 32.2 Å². The van der Waals surface area contributed by atoms with Crippen LogP contribution in [0.2, 0.25) is 0 Å². The van der Waals surface area contributed by atoms with Crippen molar-refractivity contribution in [1.82, 2.24) is 10.2 Å². The Hall–Kier alpha value is -0.570. The normalized spacial score (nSPS) is 22.7. The average Bonchev–Trinajstić information content (AvgIpc) is 2.55. The molecule has 1 aliphatic heterocycles. The highest BCUT2D eigenvalue weighted by atomic mass is 16.2. The van der Waals surface area contributed by atoms with E-state index >= 15 is 0 Å². The van der Waals surface area contributed by atoms with Gasteiger partial charge in [-0.2, -0.15) is 0 Å². The Morgan fingerprint density at radius 2 is 2.42 bits per heavy atom. The van der Waals surface area contributed by atoms with Gasteiger partial charge in [0.05, 0.1) is 0 Å². The Morgan fingerprint density at radius 3 is 2.92 bits per heavy atom. The zero-order chi connectivity index (χ0) is 8.97. The third-order valence-corrected chi connectivity index (χ3v) is 2.38. The van der Waals surface area contributed by atoms with Crippen molar-refractivity contribution in [2.24, 2.45) is 0 Å². The monoisotopic (exact) mass is 170 g/mol. The minimum atomic E-state index is 0.240. The average molecular weight is 170 g/mol. The lowest BCUT2D eigenvalue weighted by Gasteiger charge is -2.20. The molecule has 0 aliphatic carbocycles. The van der Waals surface area contributed by atoms with Crippen LogP contribution in [-0.4, -0.2) is 37.0 Å². The predicted molar refractivity (Wildman–Crippen MR) is 49.0 cm³/mol. The largest absolute Gasteiger partial charge is 0.344 e. The van der Waals surface area contributed by atoms with Crippen molar-refractivity contribution >= 4 is 5.91 Å². The van der Waals surface area contributed by atoms with Crippen molar-refractivity contribution in [3.05, 3.63) is 0 Å². The van der Waals surface area contributed by atoms with Gasteiger partial charge in [0, 0.05) is 26.1 Å². The lowest BCUT2D eigenvalue weighted by Crippen LogP contribution is -2.38. The molecule has 1 saturated heterocycles. The number of nitrogens with zero attached hydrogens (tertiary/aromatic N) is 1. The molecule has 3 heteroatoms. The number of hydrogen-bond donors (Lipinski definition) is 1. The van der Waals surface area contributed by atoms with Gasteiger partial charge >= 0.3 is 0 Å². The number of likely N-dealkylation sites (N-methyl/N-ethyl adjacent to an activating group) is 1. The van der Waals surface area contributed by atoms with Crippen molar-refractivity contribution in [3.63, 3.8) is 0 Å². The zero-order valence-electron chi connectivity index (χ0n) is 7.97. The second-order valence-electron chi connectivity index (χ2n) is 3.42. The van der Waals surface area contributed by atoms with Gasteiger partial charge in [0.25, 0.3) is 0 Å². The van der Waals surface area contributed by atoms with Crippen molar-refractivity contribution < 1.29 is 4.79 Å². The van der Waals surface area contributed by atoms with E-state index in [4.69, 9.17) is 0 Å². The molecule has 12 heavy (non-hydrogen) atoms. The summed E-state index contributed by atoms with van der Waals surface area (Å²) in [6.45, 7) is 3.88. The van der Waals surface area contributed by atoms with Crippen molar-refractivity contribution in [1.29, 1.82) is 0 Å². The maximum Gasteiger partial charge on any atom is 0.222 e. The van der Waals surface area contributed by atoms with E-state index in [1.54, 1.807) is 0 Å². The molecule has 70 valence electrons. The topological polar surface area (TPSA) is 32.3 Å². The van der Waals surface area contributed by atoms with Gasteiger partial charge in [-0.25, -0.2) is 0 Å². The molecule has 0 bridgehead atoms. The van der Waals surface area contributed by atoms with Crippen molar-refractivity contribution in [3.8, 4) is 0 Å². The van der Waals surface area contributed by atoms with Crippen LogP contribution in [0.25, 0.3) is 0 Å². The first-order chi connectivity index (χ1) is 5.74. The minimum Gasteiger partial charge on any atom is -0.344 e. The maximum absolute atomic E-state index is 11.2. The standard InChI is InChI=1S/C9H18N2O/c1-3-9(12)11(2)7-8-5-4-6-10-8/h8,10H,3-7H2,1-2H3/t8-/m0/s1. The number of hydrogen-bond acceptors (Lipinski definition) is 2. The fourth-order valence-electron chi connectivity index (χ4n) is 1.61.